The second-order valence-electron chi connectivity index (χ2n) is 6.11. The minimum absolute atomic E-state index is 0.913. The van der Waals surface area contributed by atoms with Gasteiger partial charge in [0.25, 0.3) is 0 Å². The Kier molecular flexibility index (Phi) is 3.72. The Morgan fingerprint density at radius 1 is 0.792 bits per heavy atom. The summed E-state index contributed by atoms with van der Waals surface area (Å²) >= 11 is 0. The Labute approximate surface area is 141 Å². The van der Waals surface area contributed by atoms with Crippen molar-refractivity contribution in [2.24, 2.45) is 0 Å². The normalized spacial score (nSPS) is 15.1. The molecule has 0 spiro atoms. The third-order valence-corrected chi connectivity index (χ3v) is 4.58. The maximum atomic E-state index is 4.56. The highest BCUT2D eigenvalue weighted by Crippen LogP contribution is 2.26. The average Bonchev–Trinajstić information content (AvgIpc) is 2.62. The lowest BCUT2D eigenvalue weighted by molar-refractivity contribution is 0.640. The van der Waals surface area contributed by atoms with Gasteiger partial charge in [-0.05, 0) is 25.5 Å². The third kappa shape index (κ3) is 2.54. The lowest BCUT2D eigenvalue weighted by atomic mass is 10.1. The SMILES string of the molecule is Cc1nccnc1N1CCN(c2ncnc3c(C)cccc23)CC1. The molecule has 0 saturated carbocycles. The van der Waals surface area contributed by atoms with Crippen LogP contribution in [0.25, 0.3) is 10.9 Å². The molecule has 0 atom stereocenters. The maximum absolute atomic E-state index is 4.56. The molecule has 0 unspecified atom stereocenters. The zero-order valence-corrected chi connectivity index (χ0v) is 14.0. The number of aromatic nitrogens is 4. The van der Waals surface area contributed by atoms with Crippen molar-refractivity contribution in [2.75, 3.05) is 36.0 Å². The second kappa shape index (κ2) is 6.03. The molecule has 3 aromatic rings. The lowest BCUT2D eigenvalue weighted by Crippen LogP contribution is -2.47. The molecule has 2 aromatic heterocycles. The molecule has 0 aliphatic carbocycles. The van der Waals surface area contributed by atoms with Crippen LogP contribution < -0.4 is 9.80 Å². The molecule has 6 heteroatoms. The number of hydrogen-bond acceptors (Lipinski definition) is 6. The summed E-state index contributed by atoms with van der Waals surface area (Å²) in [7, 11) is 0. The Morgan fingerprint density at radius 3 is 2.25 bits per heavy atom. The first-order chi connectivity index (χ1) is 11.7. The Hall–Kier alpha value is -2.76. The molecule has 1 aliphatic heterocycles. The van der Waals surface area contributed by atoms with Crippen LogP contribution in [0.4, 0.5) is 11.6 Å². The van der Waals surface area contributed by atoms with Gasteiger partial charge in [0.2, 0.25) is 0 Å². The van der Waals surface area contributed by atoms with Crippen LogP contribution in [0.3, 0.4) is 0 Å². The molecule has 24 heavy (non-hydrogen) atoms. The van der Waals surface area contributed by atoms with E-state index in [0.717, 1.165) is 54.4 Å². The molecular formula is C18H20N6. The average molecular weight is 320 g/mol. The number of nitrogens with zero attached hydrogens (tertiary/aromatic N) is 6. The quantitative estimate of drug-likeness (QED) is 0.722. The minimum atomic E-state index is 0.913. The van der Waals surface area contributed by atoms with Crippen molar-refractivity contribution in [3.8, 4) is 0 Å². The van der Waals surface area contributed by atoms with Crippen LogP contribution in [-0.2, 0) is 0 Å². The van der Waals surface area contributed by atoms with Gasteiger partial charge < -0.3 is 9.80 Å². The van der Waals surface area contributed by atoms with Crippen LogP contribution in [0.15, 0.2) is 36.9 Å². The van der Waals surface area contributed by atoms with E-state index in [-0.39, 0.29) is 0 Å². The molecule has 0 amide bonds. The highest BCUT2D eigenvalue weighted by Gasteiger charge is 2.22. The predicted molar refractivity (Wildman–Crippen MR) is 95.5 cm³/mol. The number of benzene rings is 1. The Morgan fingerprint density at radius 2 is 1.50 bits per heavy atom. The van der Waals surface area contributed by atoms with Crippen molar-refractivity contribution in [1.29, 1.82) is 0 Å². The Balaban J connectivity index is 1.59. The highest BCUT2D eigenvalue weighted by atomic mass is 15.3. The van der Waals surface area contributed by atoms with Crippen molar-refractivity contribution in [2.45, 2.75) is 13.8 Å². The molecule has 1 saturated heterocycles. The van der Waals surface area contributed by atoms with E-state index in [1.165, 1.54) is 5.56 Å². The smallest absolute Gasteiger partial charge is 0.150 e. The van der Waals surface area contributed by atoms with Gasteiger partial charge in [-0.2, -0.15) is 0 Å². The minimum Gasteiger partial charge on any atom is -0.352 e. The van der Waals surface area contributed by atoms with Gasteiger partial charge in [0.1, 0.15) is 18.0 Å². The number of rotatable bonds is 2. The van der Waals surface area contributed by atoms with Crippen molar-refractivity contribution < 1.29 is 0 Å². The van der Waals surface area contributed by atoms with Crippen molar-refractivity contribution in [1.82, 2.24) is 19.9 Å². The van der Waals surface area contributed by atoms with Gasteiger partial charge in [-0.15, -0.1) is 0 Å². The fraction of sp³-hybridized carbons (Fsp3) is 0.333. The monoisotopic (exact) mass is 320 g/mol. The van der Waals surface area contributed by atoms with Crippen LogP contribution in [0.1, 0.15) is 11.3 Å². The van der Waals surface area contributed by atoms with Crippen LogP contribution in [-0.4, -0.2) is 46.1 Å². The fourth-order valence-electron chi connectivity index (χ4n) is 3.31. The summed E-state index contributed by atoms with van der Waals surface area (Å²) in [5.41, 5.74) is 3.20. The first-order valence-electron chi connectivity index (χ1n) is 8.22. The molecule has 1 aliphatic rings. The molecule has 6 nitrogen and oxygen atoms in total. The van der Waals surface area contributed by atoms with Gasteiger partial charge in [0.15, 0.2) is 0 Å². The number of aryl methyl sites for hydroxylation is 2. The predicted octanol–water partition coefficient (Wildman–Crippen LogP) is 2.36. The molecule has 1 fully saturated rings. The lowest BCUT2D eigenvalue weighted by Gasteiger charge is -2.36. The van der Waals surface area contributed by atoms with E-state index in [0.29, 0.717) is 0 Å². The van der Waals surface area contributed by atoms with Gasteiger partial charge in [-0.1, -0.05) is 12.1 Å². The topological polar surface area (TPSA) is 58.0 Å². The molecule has 1 aromatic carbocycles. The van der Waals surface area contributed by atoms with E-state index in [1.807, 2.05) is 6.92 Å². The number of hydrogen-bond donors (Lipinski definition) is 0. The van der Waals surface area contributed by atoms with Crippen LogP contribution in [0.5, 0.6) is 0 Å². The van der Waals surface area contributed by atoms with Crippen molar-refractivity contribution >= 4 is 22.5 Å². The zero-order valence-electron chi connectivity index (χ0n) is 14.0. The van der Waals surface area contributed by atoms with Crippen molar-refractivity contribution in [3.63, 3.8) is 0 Å². The van der Waals surface area contributed by atoms with E-state index < -0.39 is 0 Å². The summed E-state index contributed by atoms with van der Waals surface area (Å²) < 4.78 is 0. The summed E-state index contributed by atoms with van der Waals surface area (Å²) in [6, 6.07) is 6.27. The number of para-hydroxylation sites is 1. The number of fused-ring (bicyclic) bond motifs is 1. The molecule has 122 valence electrons. The van der Waals surface area contributed by atoms with Crippen LogP contribution >= 0.6 is 0 Å². The molecule has 0 bridgehead atoms. The summed E-state index contributed by atoms with van der Waals surface area (Å²) in [4.78, 5) is 22.5. The zero-order chi connectivity index (χ0) is 16.5. The standard InChI is InChI=1S/C18H20N6/c1-13-4-3-5-15-16(13)21-12-22-18(15)24-10-8-23(9-11-24)17-14(2)19-6-7-20-17/h3-7,12H,8-11H2,1-2H3. The van der Waals surface area contributed by atoms with Gasteiger partial charge in [-0.3, -0.25) is 4.98 Å². The van der Waals surface area contributed by atoms with E-state index in [4.69, 9.17) is 0 Å². The van der Waals surface area contributed by atoms with Gasteiger partial charge in [-0.25, -0.2) is 15.0 Å². The van der Waals surface area contributed by atoms with E-state index >= 15 is 0 Å². The summed E-state index contributed by atoms with van der Waals surface area (Å²) in [6.45, 7) is 7.75. The fourth-order valence-corrected chi connectivity index (χ4v) is 3.31. The van der Waals surface area contributed by atoms with E-state index in [1.54, 1.807) is 18.7 Å². The Bertz CT molecular complexity index is 870. The van der Waals surface area contributed by atoms with Gasteiger partial charge in [0, 0.05) is 44.0 Å². The summed E-state index contributed by atoms with van der Waals surface area (Å²) in [5.74, 6) is 2.01. The number of piperazine rings is 1. The van der Waals surface area contributed by atoms with Crippen LogP contribution in [0, 0.1) is 13.8 Å². The summed E-state index contributed by atoms with van der Waals surface area (Å²) in [5, 5.41) is 1.13. The molecule has 0 radical (unpaired) electrons. The third-order valence-electron chi connectivity index (χ3n) is 4.58. The second-order valence-corrected chi connectivity index (χ2v) is 6.11. The molecule has 3 heterocycles. The van der Waals surface area contributed by atoms with Crippen LogP contribution in [0.2, 0.25) is 0 Å². The van der Waals surface area contributed by atoms with E-state index in [9.17, 15) is 0 Å². The largest absolute Gasteiger partial charge is 0.352 e. The van der Waals surface area contributed by atoms with Gasteiger partial charge in [0.05, 0.1) is 11.2 Å². The molecule has 4 rings (SSSR count). The number of anilines is 2. The van der Waals surface area contributed by atoms with Crippen molar-refractivity contribution in [3.05, 3.63) is 48.2 Å². The maximum Gasteiger partial charge on any atom is 0.150 e. The molecular weight excluding hydrogens is 300 g/mol. The first kappa shape index (κ1) is 14.8. The van der Waals surface area contributed by atoms with Gasteiger partial charge >= 0.3 is 0 Å². The van der Waals surface area contributed by atoms with E-state index in [2.05, 4.69) is 54.9 Å². The summed E-state index contributed by atoms with van der Waals surface area (Å²) in [6.07, 6.45) is 5.17. The first-order valence-corrected chi connectivity index (χ1v) is 8.22. The molecule has 0 N–H and O–H groups in total. The highest BCUT2D eigenvalue weighted by molar-refractivity contribution is 5.91.